The van der Waals surface area contributed by atoms with Crippen molar-refractivity contribution in [3.63, 3.8) is 0 Å². The third-order valence-corrected chi connectivity index (χ3v) is 4.84. The van der Waals surface area contributed by atoms with Gasteiger partial charge in [-0.2, -0.15) is 0 Å². The van der Waals surface area contributed by atoms with E-state index >= 15 is 0 Å². The minimum Gasteiger partial charge on any atom is -0.455 e. The van der Waals surface area contributed by atoms with Crippen molar-refractivity contribution in [2.45, 2.75) is 0 Å². The Morgan fingerprint density at radius 3 is 1.96 bits per heavy atom. The van der Waals surface area contributed by atoms with Crippen molar-refractivity contribution in [2.75, 3.05) is 0 Å². The van der Waals surface area contributed by atoms with Crippen molar-refractivity contribution in [3.05, 3.63) is 80.9 Å². The predicted molar refractivity (Wildman–Crippen MR) is 99.4 cm³/mol. The van der Waals surface area contributed by atoms with Gasteiger partial charge in [0, 0.05) is 34.2 Å². The summed E-state index contributed by atoms with van der Waals surface area (Å²) in [7, 11) is 0. The van der Waals surface area contributed by atoms with Crippen LogP contribution in [0, 0.1) is 20.2 Å². The lowest BCUT2D eigenvalue weighted by atomic mass is 10.00. The maximum atomic E-state index is 11.4. The molecular formula is C20H10N2O5. The third-order valence-electron chi connectivity index (χ3n) is 4.84. The van der Waals surface area contributed by atoms with Crippen LogP contribution in [0.25, 0.3) is 44.5 Å². The number of fused-ring (bicyclic) bond motifs is 3. The van der Waals surface area contributed by atoms with Crippen molar-refractivity contribution in [2.24, 2.45) is 0 Å². The van der Waals surface area contributed by atoms with Crippen LogP contribution in [-0.4, -0.2) is 9.85 Å². The van der Waals surface area contributed by atoms with E-state index in [0.29, 0.717) is 28.0 Å². The largest absolute Gasteiger partial charge is 0.455 e. The van der Waals surface area contributed by atoms with Crippen molar-refractivity contribution >= 4 is 22.1 Å². The Morgan fingerprint density at radius 2 is 1.33 bits per heavy atom. The van der Waals surface area contributed by atoms with E-state index in [-0.39, 0.29) is 16.8 Å². The van der Waals surface area contributed by atoms with Crippen LogP contribution >= 0.6 is 0 Å². The molecule has 0 spiro atoms. The van der Waals surface area contributed by atoms with Gasteiger partial charge in [0.1, 0.15) is 16.9 Å². The van der Waals surface area contributed by atoms with Gasteiger partial charge in [-0.3, -0.25) is 20.2 Å². The molecule has 5 rings (SSSR count). The SMILES string of the molecule is O=[N+]([O-])c1ccc2c3c(ccc([N+](=O)[O-])c13)-c1oc(-c3ccccc3)cc1-2. The Bertz CT molecular complexity index is 1200. The molecule has 130 valence electrons. The molecule has 0 radical (unpaired) electrons. The van der Waals surface area contributed by atoms with Gasteiger partial charge in [-0.15, -0.1) is 0 Å². The van der Waals surface area contributed by atoms with E-state index in [9.17, 15) is 20.2 Å². The summed E-state index contributed by atoms with van der Waals surface area (Å²) in [5.41, 5.74) is 2.46. The quantitative estimate of drug-likeness (QED) is 0.310. The highest BCUT2D eigenvalue weighted by molar-refractivity contribution is 6.19. The van der Waals surface area contributed by atoms with E-state index in [1.165, 1.54) is 12.1 Å². The first kappa shape index (κ1) is 15.3. The number of benzene rings is 3. The zero-order chi connectivity index (χ0) is 18.7. The second-order valence-corrected chi connectivity index (χ2v) is 6.25. The van der Waals surface area contributed by atoms with Gasteiger partial charge in [-0.1, -0.05) is 30.3 Å². The number of furan rings is 1. The first-order valence-electron chi connectivity index (χ1n) is 8.15. The average Bonchev–Trinajstić information content (AvgIpc) is 3.22. The molecule has 7 nitrogen and oxygen atoms in total. The lowest BCUT2D eigenvalue weighted by Gasteiger charge is -2.05. The van der Waals surface area contributed by atoms with Crippen LogP contribution in [0.2, 0.25) is 0 Å². The molecule has 1 aliphatic carbocycles. The van der Waals surface area contributed by atoms with Gasteiger partial charge < -0.3 is 4.42 Å². The van der Waals surface area contributed by atoms with Crippen molar-refractivity contribution in [1.29, 1.82) is 0 Å². The Morgan fingerprint density at radius 1 is 0.704 bits per heavy atom. The van der Waals surface area contributed by atoms with Crippen LogP contribution in [0.15, 0.2) is 65.1 Å². The van der Waals surface area contributed by atoms with Gasteiger partial charge in [-0.05, 0) is 23.8 Å². The molecular weight excluding hydrogens is 348 g/mol. The number of nitrogens with zero attached hydrogens (tertiary/aromatic N) is 2. The predicted octanol–water partition coefficient (Wildman–Crippen LogP) is 5.56. The summed E-state index contributed by atoms with van der Waals surface area (Å²) in [5.74, 6) is 1.25. The monoisotopic (exact) mass is 358 g/mol. The van der Waals surface area contributed by atoms with E-state index in [0.717, 1.165) is 11.1 Å². The fraction of sp³-hybridized carbons (Fsp3) is 0. The molecule has 1 aromatic heterocycles. The van der Waals surface area contributed by atoms with Gasteiger partial charge in [0.2, 0.25) is 0 Å². The molecule has 0 saturated carbocycles. The van der Waals surface area contributed by atoms with Crippen molar-refractivity contribution in [1.82, 2.24) is 0 Å². The van der Waals surface area contributed by atoms with E-state index < -0.39 is 9.85 Å². The van der Waals surface area contributed by atoms with E-state index in [2.05, 4.69) is 0 Å². The molecule has 0 amide bonds. The van der Waals surface area contributed by atoms with Crippen LogP contribution in [0.1, 0.15) is 0 Å². The molecule has 0 atom stereocenters. The number of hydrogen-bond donors (Lipinski definition) is 0. The molecule has 0 fully saturated rings. The topological polar surface area (TPSA) is 99.4 Å². The fourth-order valence-electron chi connectivity index (χ4n) is 3.71. The normalized spacial score (nSPS) is 11.6. The second kappa shape index (κ2) is 5.25. The van der Waals surface area contributed by atoms with Crippen molar-refractivity contribution in [3.8, 4) is 33.8 Å². The van der Waals surface area contributed by atoms with E-state index in [1.807, 2.05) is 36.4 Å². The van der Waals surface area contributed by atoms with Crippen molar-refractivity contribution < 1.29 is 14.3 Å². The molecule has 7 heteroatoms. The van der Waals surface area contributed by atoms with E-state index in [4.69, 9.17) is 4.42 Å². The summed E-state index contributed by atoms with van der Waals surface area (Å²) >= 11 is 0. The first-order chi connectivity index (χ1) is 13.1. The van der Waals surface area contributed by atoms with Gasteiger partial charge >= 0.3 is 0 Å². The van der Waals surface area contributed by atoms with Crippen LogP contribution in [0.3, 0.4) is 0 Å². The highest BCUT2D eigenvalue weighted by Crippen LogP contribution is 2.53. The highest BCUT2D eigenvalue weighted by Gasteiger charge is 2.33. The molecule has 3 aromatic carbocycles. The molecule has 0 N–H and O–H groups in total. The van der Waals surface area contributed by atoms with Gasteiger partial charge in [-0.25, -0.2) is 0 Å². The van der Waals surface area contributed by atoms with Gasteiger partial charge in [0.05, 0.1) is 9.85 Å². The summed E-state index contributed by atoms with van der Waals surface area (Å²) < 4.78 is 6.05. The minimum atomic E-state index is -0.592. The lowest BCUT2D eigenvalue weighted by molar-refractivity contribution is -0.390. The standard InChI is InChI=1S/C20H10N2O5/c23-21(24)15-8-6-12-14-10-17(11-4-2-1-3-5-11)27-20(14)13-7-9-16(22(25)26)19(15)18(12)13/h1-10H. The summed E-state index contributed by atoms with van der Waals surface area (Å²) in [6.07, 6.45) is 0. The Hall–Kier alpha value is -4.00. The third kappa shape index (κ3) is 2.02. The Kier molecular flexibility index (Phi) is 2.97. The number of rotatable bonds is 3. The summed E-state index contributed by atoms with van der Waals surface area (Å²) in [6.45, 7) is 0. The molecule has 0 saturated heterocycles. The summed E-state index contributed by atoms with van der Waals surface area (Å²) in [6, 6.07) is 17.3. The second-order valence-electron chi connectivity index (χ2n) is 6.25. The smallest absolute Gasteiger partial charge is 0.284 e. The van der Waals surface area contributed by atoms with Crippen LogP contribution < -0.4 is 0 Å². The maximum Gasteiger partial charge on any atom is 0.284 e. The molecule has 0 aliphatic heterocycles. The first-order valence-corrected chi connectivity index (χ1v) is 8.15. The molecule has 0 bridgehead atoms. The number of nitro groups is 2. The number of nitro benzene ring substituents is 2. The Labute approximate surface area is 151 Å². The molecule has 1 aliphatic rings. The van der Waals surface area contributed by atoms with Crippen LogP contribution in [0.5, 0.6) is 0 Å². The highest BCUT2D eigenvalue weighted by atomic mass is 16.6. The molecule has 27 heavy (non-hydrogen) atoms. The van der Waals surface area contributed by atoms with Gasteiger partial charge in [0.25, 0.3) is 11.4 Å². The van der Waals surface area contributed by atoms with Gasteiger partial charge in [0.15, 0.2) is 0 Å². The minimum absolute atomic E-state index is 0.0349. The summed E-state index contributed by atoms with van der Waals surface area (Å²) in [4.78, 5) is 21.7. The zero-order valence-electron chi connectivity index (χ0n) is 13.7. The fourth-order valence-corrected chi connectivity index (χ4v) is 3.71. The number of hydrogen-bond acceptors (Lipinski definition) is 5. The zero-order valence-corrected chi connectivity index (χ0v) is 13.7. The van der Waals surface area contributed by atoms with E-state index in [1.54, 1.807) is 12.1 Å². The molecule has 4 aromatic rings. The average molecular weight is 358 g/mol. The van der Waals surface area contributed by atoms with Crippen LogP contribution in [-0.2, 0) is 0 Å². The van der Waals surface area contributed by atoms with Crippen LogP contribution in [0.4, 0.5) is 11.4 Å². The summed E-state index contributed by atoms with van der Waals surface area (Å²) in [5, 5.41) is 23.4. The Balaban J connectivity index is 1.83. The molecule has 1 heterocycles. The number of non-ortho nitro benzene ring substituents is 2. The molecule has 0 unspecified atom stereocenters. The lowest BCUT2D eigenvalue weighted by Crippen LogP contribution is -1.95. The maximum absolute atomic E-state index is 11.4.